The zero-order valence-electron chi connectivity index (χ0n) is 17.0. The summed E-state index contributed by atoms with van der Waals surface area (Å²) in [5.74, 6) is -0.746. The molecule has 2 heterocycles. The van der Waals surface area contributed by atoms with E-state index in [2.05, 4.69) is 30.1 Å². The molecular formula is C21H31N3O3. The highest BCUT2D eigenvalue weighted by Gasteiger charge is 2.44. The Morgan fingerprint density at radius 2 is 1.81 bits per heavy atom. The van der Waals surface area contributed by atoms with E-state index in [4.69, 9.17) is 0 Å². The normalized spacial score (nSPS) is 24.8. The minimum absolute atomic E-state index is 0.290. The van der Waals surface area contributed by atoms with Crippen LogP contribution in [-0.4, -0.2) is 35.3 Å². The van der Waals surface area contributed by atoms with Crippen molar-refractivity contribution in [1.29, 1.82) is 0 Å². The van der Waals surface area contributed by atoms with Crippen molar-refractivity contribution in [3.63, 3.8) is 0 Å². The Hall–Kier alpha value is -2.81. The Bertz CT molecular complexity index is 657. The fourth-order valence-corrected chi connectivity index (χ4v) is 2.69. The SMILES string of the molecule is C#C.C=C1/C=C(CC)\C=C/CN(C2CC(C)(C)C(=O)NC2=O)C(=O)N1.CC. The van der Waals surface area contributed by atoms with Crippen molar-refractivity contribution >= 4 is 17.8 Å². The third kappa shape index (κ3) is 6.45. The predicted octanol–water partition coefficient (Wildman–Crippen LogP) is 3.13. The molecule has 1 atom stereocenters. The number of imide groups is 1. The smallest absolute Gasteiger partial charge is 0.309 e. The number of carbonyl (C=O) groups excluding carboxylic acids is 3. The average molecular weight is 373 g/mol. The van der Waals surface area contributed by atoms with Crippen molar-refractivity contribution < 1.29 is 14.4 Å². The molecule has 2 aliphatic rings. The molecule has 0 aromatic carbocycles. The maximum Gasteiger partial charge on any atom is 0.322 e. The number of allylic oxidation sites excluding steroid dienone is 3. The van der Waals surface area contributed by atoms with Crippen LogP contribution < -0.4 is 10.6 Å². The van der Waals surface area contributed by atoms with Crippen LogP contribution in [0.1, 0.15) is 47.5 Å². The lowest BCUT2D eigenvalue weighted by molar-refractivity contribution is -0.144. The van der Waals surface area contributed by atoms with Crippen molar-refractivity contribution in [1.82, 2.24) is 15.5 Å². The monoisotopic (exact) mass is 373 g/mol. The van der Waals surface area contributed by atoms with Gasteiger partial charge in [-0.25, -0.2) is 4.79 Å². The summed E-state index contributed by atoms with van der Waals surface area (Å²) < 4.78 is 0. The molecule has 1 unspecified atom stereocenters. The number of urea groups is 1. The summed E-state index contributed by atoms with van der Waals surface area (Å²) in [5, 5.41) is 5.07. The van der Waals surface area contributed by atoms with E-state index in [1.165, 1.54) is 4.90 Å². The average Bonchev–Trinajstić information content (AvgIpc) is 2.70. The number of nitrogens with zero attached hydrogens (tertiary/aromatic N) is 1. The van der Waals surface area contributed by atoms with E-state index in [1.807, 2.05) is 39.0 Å². The number of hydrogen-bond acceptors (Lipinski definition) is 3. The number of amides is 4. The van der Waals surface area contributed by atoms with Crippen LogP contribution in [0.15, 0.2) is 36.1 Å². The lowest BCUT2D eigenvalue weighted by Crippen LogP contribution is -2.60. The highest BCUT2D eigenvalue weighted by Crippen LogP contribution is 2.29. The van der Waals surface area contributed by atoms with Gasteiger partial charge in [0.25, 0.3) is 0 Å². The van der Waals surface area contributed by atoms with Gasteiger partial charge < -0.3 is 10.2 Å². The van der Waals surface area contributed by atoms with Gasteiger partial charge in [0, 0.05) is 17.7 Å². The number of rotatable bonds is 2. The molecule has 1 saturated heterocycles. The minimum Gasteiger partial charge on any atom is -0.309 e. The largest absolute Gasteiger partial charge is 0.322 e. The first kappa shape index (κ1) is 24.2. The van der Waals surface area contributed by atoms with Gasteiger partial charge in [0.15, 0.2) is 0 Å². The van der Waals surface area contributed by atoms with Gasteiger partial charge in [-0.15, -0.1) is 12.8 Å². The third-order valence-corrected chi connectivity index (χ3v) is 4.16. The molecule has 2 aliphatic heterocycles. The molecule has 0 aliphatic carbocycles. The fourth-order valence-electron chi connectivity index (χ4n) is 2.69. The Morgan fingerprint density at radius 3 is 2.37 bits per heavy atom. The minimum atomic E-state index is -0.704. The molecule has 6 nitrogen and oxygen atoms in total. The number of hydrogen-bond donors (Lipinski definition) is 2. The van der Waals surface area contributed by atoms with Gasteiger partial charge in [-0.05, 0) is 24.5 Å². The second kappa shape index (κ2) is 11.0. The quantitative estimate of drug-likeness (QED) is 0.576. The first-order valence-corrected chi connectivity index (χ1v) is 9.07. The van der Waals surface area contributed by atoms with Crippen molar-refractivity contribution in [3.8, 4) is 12.8 Å². The zero-order valence-corrected chi connectivity index (χ0v) is 17.0. The summed E-state index contributed by atoms with van der Waals surface area (Å²) in [6.45, 7) is 13.7. The summed E-state index contributed by atoms with van der Waals surface area (Å²) in [4.78, 5) is 38.0. The van der Waals surface area contributed by atoms with Crippen molar-refractivity contribution in [2.45, 2.75) is 53.5 Å². The van der Waals surface area contributed by atoms with Crippen LogP contribution in [0.3, 0.4) is 0 Å². The number of terminal acetylenes is 1. The van der Waals surface area contributed by atoms with E-state index in [-0.39, 0.29) is 5.91 Å². The van der Waals surface area contributed by atoms with E-state index in [9.17, 15) is 14.4 Å². The Kier molecular flexibility index (Phi) is 9.87. The van der Waals surface area contributed by atoms with E-state index >= 15 is 0 Å². The summed E-state index contributed by atoms with van der Waals surface area (Å²) >= 11 is 0. The molecule has 148 valence electrons. The van der Waals surface area contributed by atoms with Gasteiger partial charge in [-0.2, -0.15) is 0 Å². The zero-order chi connectivity index (χ0) is 21.2. The molecule has 0 bridgehead atoms. The Morgan fingerprint density at radius 1 is 1.22 bits per heavy atom. The molecule has 4 amide bonds. The maximum atomic E-state index is 12.5. The Balaban J connectivity index is 0.00000158. The van der Waals surface area contributed by atoms with Crippen LogP contribution in [0.2, 0.25) is 0 Å². The van der Waals surface area contributed by atoms with Crippen LogP contribution in [0.5, 0.6) is 0 Å². The van der Waals surface area contributed by atoms with Gasteiger partial charge in [0.1, 0.15) is 6.04 Å². The van der Waals surface area contributed by atoms with Crippen LogP contribution >= 0.6 is 0 Å². The van der Waals surface area contributed by atoms with Crippen LogP contribution in [-0.2, 0) is 9.59 Å². The standard InChI is InChI=1S/C17H23N3O3.C2H6.C2H2/c1-5-12-7-6-8-20(16(23)18-11(2)9-12)13-10-17(3,4)15(22)19-14(13)21;2*1-2/h6-7,9,13H,2,5,8,10H2,1,3-4H3,(H,18,23)(H,19,21,22);1-2H3;1-2H/b7-6-,12-9-;;. The summed E-state index contributed by atoms with van der Waals surface area (Å²) in [5.41, 5.74) is 0.820. The van der Waals surface area contributed by atoms with Crippen LogP contribution in [0.25, 0.3) is 0 Å². The molecule has 0 aromatic rings. The molecule has 6 heteroatoms. The summed E-state index contributed by atoms with van der Waals surface area (Å²) in [6, 6.07) is -1.08. The van der Waals surface area contributed by atoms with Crippen molar-refractivity contribution in [2.75, 3.05) is 6.54 Å². The van der Waals surface area contributed by atoms with Gasteiger partial charge in [-0.3, -0.25) is 14.9 Å². The van der Waals surface area contributed by atoms with Gasteiger partial charge >= 0.3 is 6.03 Å². The number of carbonyl (C=O) groups is 3. The molecule has 2 rings (SSSR count). The summed E-state index contributed by atoms with van der Waals surface area (Å²) in [7, 11) is 0. The first-order chi connectivity index (χ1) is 12.7. The number of piperidine rings is 1. The Labute approximate surface area is 162 Å². The van der Waals surface area contributed by atoms with E-state index in [0.717, 1.165) is 12.0 Å². The first-order valence-electron chi connectivity index (χ1n) is 9.07. The molecular weight excluding hydrogens is 342 g/mol. The van der Waals surface area contributed by atoms with Crippen molar-refractivity contribution in [2.24, 2.45) is 5.41 Å². The van der Waals surface area contributed by atoms with E-state index < -0.39 is 23.4 Å². The molecule has 2 N–H and O–H groups in total. The molecule has 0 spiro atoms. The van der Waals surface area contributed by atoms with Crippen LogP contribution in [0, 0.1) is 18.3 Å². The number of nitrogens with one attached hydrogen (secondary N) is 2. The summed E-state index contributed by atoms with van der Waals surface area (Å²) in [6.07, 6.45) is 14.7. The van der Waals surface area contributed by atoms with Crippen LogP contribution in [0.4, 0.5) is 4.79 Å². The molecule has 27 heavy (non-hydrogen) atoms. The lowest BCUT2D eigenvalue weighted by Gasteiger charge is -2.38. The maximum absolute atomic E-state index is 12.5. The fraction of sp³-hybridized carbons (Fsp3) is 0.476. The third-order valence-electron chi connectivity index (χ3n) is 4.16. The predicted molar refractivity (Wildman–Crippen MR) is 108 cm³/mol. The van der Waals surface area contributed by atoms with Gasteiger partial charge in [0.05, 0.1) is 0 Å². The van der Waals surface area contributed by atoms with Gasteiger partial charge in [0.2, 0.25) is 11.8 Å². The second-order valence-electron chi connectivity index (χ2n) is 6.51. The highest BCUT2D eigenvalue weighted by molar-refractivity contribution is 6.04. The van der Waals surface area contributed by atoms with Gasteiger partial charge in [-0.1, -0.05) is 53.3 Å². The van der Waals surface area contributed by atoms with E-state index in [1.54, 1.807) is 13.8 Å². The second-order valence-corrected chi connectivity index (χ2v) is 6.51. The molecule has 0 radical (unpaired) electrons. The van der Waals surface area contributed by atoms with E-state index in [0.29, 0.717) is 18.7 Å². The van der Waals surface area contributed by atoms with Crippen molar-refractivity contribution in [3.05, 3.63) is 36.1 Å². The lowest BCUT2D eigenvalue weighted by atomic mass is 9.81. The molecule has 0 aromatic heterocycles. The topological polar surface area (TPSA) is 78.5 Å². The molecule has 1 fully saturated rings. The molecule has 0 saturated carbocycles. The highest BCUT2D eigenvalue weighted by atomic mass is 16.2.